The number of fused-ring (bicyclic) bond motifs is 5. The minimum absolute atomic E-state index is 0.198. The molecule has 0 aromatic heterocycles. The fourth-order valence-corrected chi connectivity index (χ4v) is 7.36. The molecule has 5 nitrogen and oxygen atoms in total. The van der Waals surface area contributed by atoms with Crippen molar-refractivity contribution in [1.29, 1.82) is 0 Å². The van der Waals surface area contributed by atoms with Crippen LogP contribution in [0.3, 0.4) is 0 Å². The Bertz CT molecular complexity index is 1220. The average molecular weight is 443 g/mol. The van der Waals surface area contributed by atoms with Gasteiger partial charge in [0.05, 0.1) is 5.56 Å². The normalized spacial score (nSPS) is 28.7. The summed E-state index contributed by atoms with van der Waals surface area (Å²) in [6.07, 6.45) is 4.90. The topological polar surface area (TPSA) is 62.4 Å². The van der Waals surface area contributed by atoms with Crippen molar-refractivity contribution in [3.63, 3.8) is 0 Å². The molecule has 1 aliphatic carbocycles. The Balaban J connectivity index is 1.14. The summed E-state index contributed by atoms with van der Waals surface area (Å²) in [5.74, 6) is 0.550. The molecule has 1 saturated carbocycles. The molecule has 2 bridgehead atoms. The van der Waals surface area contributed by atoms with Gasteiger partial charge in [-0.3, -0.25) is 0 Å². The number of rotatable bonds is 4. The zero-order chi connectivity index (χ0) is 21.4. The molecule has 0 amide bonds. The molecule has 4 aliphatic heterocycles. The van der Waals surface area contributed by atoms with Crippen LogP contribution < -0.4 is 21.3 Å². The van der Waals surface area contributed by atoms with Crippen LogP contribution in [0.25, 0.3) is 11.1 Å². The maximum atomic E-state index is 12.3. The highest BCUT2D eigenvalue weighted by atomic mass is 31.1. The quantitative estimate of drug-likeness (QED) is 0.501. The van der Waals surface area contributed by atoms with E-state index >= 15 is 0 Å². The fourth-order valence-electron chi connectivity index (χ4n) is 6.12. The lowest BCUT2D eigenvalue weighted by atomic mass is 9.85. The number of nitrogens with one attached hydrogen (secondary N) is 3. The first kappa shape index (κ1) is 19.0. The third-order valence-electron chi connectivity index (χ3n) is 7.91. The summed E-state index contributed by atoms with van der Waals surface area (Å²) in [6.45, 7) is 5.77. The van der Waals surface area contributed by atoms with Crippen LogP contribution in [-0.4, -0.2) is 36.6 Å². The van der Waals surface area contributed by atoms with E-state index in [9.17, 15) is 4.79 Å². The lowest BCUT2D eigenvalue weighted by Gasteiger charge is -2.38. The van der Waals surface area contributed by atoms with Gasteiger partial charge in [-0.25, -0.2) is 4.79 Å². The Kier molecular flexibility index (Phi) is 4.03. The molecule has 2 aromatic carbocycles. The second-order valence-corrected chi connectivity index (χ2v) is 11.1. The Morgan fingerprint density at radius 2 is 2.00 bits per heavy atom. The van der Waals surface area contributed by atoms with Gasteiger partial charge in [-0.15, -0.1) is 0 Å². The summed E-state index contributed by atoms with van der Waals surface area (Å²) >= 11 is 0. The van der Waals surface area contributed by atoms with E-state index in [4.69, 9.17) is 4.74 Å². The number of benzene rings is 2. The molecule has 3 unspecified atom stereocenters. The maximum absolute atomic E-state index is 12.3. The number of ether oxygens (including phenoxy) is 1. The van der Waals surface area contributed by atoms with Gasteiger partial charge in [-0.2, -0.15) is 0 Å². The molecular weight excluding hydrogens is 417 g/mol. The summed E-state index contributed by atoms with van der Waals surface area (Å²) < 4.78 is 5.70. The van der Waals surface area contributed by atoms with E-state index in [1.807, 2.05) is 12.1 Å². The smallest absolute Gasteiger partial charge is 0.339 e. The third-order valence-corrected chi connectivity index (χ3v) is 9.11. The van der Waals surface area contributed by atoms with E-state index < -0.39 is 5.60 Å². The molecule has 3 N–H and O–H groups in total. The molecule has 32 heavy (non-hydrogen) atoms. The number of hydrogen-bond acceptors (Lipinski definition) is 5. The van der Waals surface area contributed by atoms with Crippen LogP contribution >= 0.6 is 8.20 Å². The van der Waals surface area contributed by atoms with Gasteiger partial charge in [0.2, 0.25) is 0 Å². The lowest BCUT2D eigenvalue weighted by Crippen LogP contribution is -2.56. The van der Waals surface area contributed by atoms with Crippen molar-refractivity contribution in [3.8, 4) is 11.1 Å². The molecule has 2 aromatic rings. The van der Waals surface area contributed by atoms with Crippen molar-refractivity contribution < 1.29 is 9.53 Å². The predicted molar refractivity (Wildman–Crippen MR) is 127 cm³/mol. The minimum atomic E-state index is -0.462. The first-order chi connectivity index (χ1) is 15.6. The summed E-state index contributed by atoms with van der Waals surface area (Å²) in [5.41, 5.74) is 7.44. The number of esters is 1. The summed E-state index contributed by atoms with van der Waals surface area (Å²) in [4.78, 5) is 12.3. The summed E-state index contributed by atoms with van der Waals surface area (Å²) in [7, 11) is 1.24. The highest BCUT2D eigenvalue weighted by molar-refractivity contribution is 7.49. The molecule has 4 heterocycles. The highest BCUT2D eigenvalue weighted by Gasteiger charge is 2.50. The second kappa shape index (κ2) is 6.77. The van der Waals surface area contributed by atoms with E-state index in [1.165, 1.54) is 49.3 Å². The zero-order valence-corrected chi connectivity index (χ0v) is 18.8. The number of carbonyl (C=O) groups excluding carboxylic acids is 1. The van der Waals surface area contributed by atoms with Crippen molar-refractivity contribution in [2.45, 2.75) is 43.4 Å². The molecule has 3 fully saturated rings. The van der Waals surface area contributed by atoms with Crippen molar-refractivity contribution in [3.05, 3.63) is 65.4 Å². The summed E-state index contributed by atoms with van der Waals surface area (Å²) in [6, 6.07) is 14.0. The van der Waals surface area contributed by atoms with Crippen molar-refractivity contribution in [1.82, 2.24) is 16.0 Å². The van der Waals surface area contributed by atoms with Gasteiger partial charge in [-0.05, 0) is 68.3 Å². The van der Waals surface area contributed by atoms with Crippen LogP contribution in [0.15, 0.2) is 48.7 Å². The largest absolute Gasteiger partial charge is 0.448 e. The third kappa shape index (κ3) is 2.78. The molecule has 1 spiro atoms. The van der Waals surface area contributed by atoms with E-state index in [-0.39, 0.29) is 5.97 Å². The molecule has 3 atom stereocenters. The van der Waals surface area contributed by atoms with Gasteiger partial charge in [0.15, 0.2) is 5.60 Å². The van der Waals surface area contributed by atoms with Crippen LogP contribution in [0.1, 0.15) is 40.7 Å². The van der Waals surface area contributed by atoms with E-state index in [0.717, 1.165) is 29.2 Å². The van der Waals surface area contributed by atoms with Crippen LogP contribution in [0.5, 0.6) is 0 Å². The average Bonchev–Trinajstić information content (AvgIpc) is 3.54. The fraction of sp³-hybridized carbons (Fsp3) is 0.385. The predicted octanol–water partition coefficient (Wildman–Crippen LogP) is 2.82. The Morgan fingerprint density at radius 3 is 2.75 bits per heavy atom. The van der Waals surface area contributed by atoms with E-state index in [0.29, 0.717) is 30.7 Å². The Morgan fingerprint density at radius 1 is 1.16 bits per heavy atom. The van der Waals surface area contributed by atoms with Gasteiger partial charge in [-0.1, -0.05) is 24.8 Å². The minimum Gasteiger partial charge on any atom is -0.448 e. The number of piperidine rings is 1. The lowest BCUT2D eigenvalue weighted by molar-refractivity contribution is -0.0369. The SMILES string of the molecule is C=C(NC1=Pc2cc(-c3ccc4c(c3)C3(CNC3)OC4=O)ccc2C1)C1NC2CCC1C2. The van der Waals surface area contributed by atoms with Gasteiger partial charge < -0.3 is 20.7 Å². The molecule has 2 saturated heterocycles. The van der Waals surface area contributed by atoms with E-state index in [1.54, 1.807) is 0 Å². The van der Waals surface area contributed by atoms with Crippen LogP contribution in [0, 0.1) is 5.92 Å². The van der Waals surface area contributed by atoms with Crippen LogP contribution in [-0.2, 0) is 16.8 Å². The van der Waals surface area contributed by atoms with Gasteiger partial charge in [0.25, 0.3) is 0 Å². The number of hydrogen-bond donors (Lipinski definition) is 3. The monoisotopic (exact) mass is 443 g/mol. The first-order valence-corrected chi connectivity index (χ1v) is 12.5. The molecule has 6 heteroatoms. The van der Waals surface area contributed by atoms with E-state index in [2.05, 4.69) is 46.8 Å². The summed E-state index contributed by atoms with van der Waals surface area (Å²) in [5, 5.41) is 12.0. The maximum Gasteiger partial charge on any atom is 0.339 e. The molecular formula is C26H26N3O2P. The number of carbonyl (C=O) groups is 1. The van der Waals surface area contributed by atoms with Gasteiger partial charge in [0.1, 0.15) is 0 Å². The van der Waals surface area contributed by atoms with Gasteiger partial charge in [0, 0.05) is 53.6 Å². The van der Waals surface area contributed by atoms with Crippen molar-refractivity contribution >= 4 is 24.9 Å². The first-order valence-electron chi connectivity index (χ1n) is 11.6. The van der Waals surface area contributed by atoms with Crippen molar-refractivity contribution in [2.75, 3.05) is 13.1 Å². The Hall–Kier alpha value is -2.46. The molecule has 5 aliphatic rings. The standard InChI is InChI=1S/C26H26N3O2P/c1-14(24-18-4-6-19(8-18)29-24)28-23-11-17-3-2-16(10-22(17)32-23)15-5-7-20-21(9-15)26(12-27-13-26)31-25(20)30/h2-3,5,7,9-10,18-19,24,27-29H,1,4,6,8,11-13H2. The van der Waals surface area contributed by atoms with Crippen LogP contribution in [0.4, 0.5) is 0 Å². The van der Waals surface area contributed by atoms with Crippen LogP contribution in [0.2, 0.25) is 0 Å². The highest BCUT2D eigenvalue weighted by Crippen LogP contribution is 2.41. The molecule has 7 rings (SSSR count). The molecule has 162 valence electrons. The second-order valence-electron chi connectivity index (χ2n) is 9.89. The molecule has 0 radical (unpaired) electrons. The van der Waals surface area contributed by atoms with Gasteiger partial charge >= 0.3 is 5.97 Å². The Labute approximate surface area is 189 Å². The van der Waals surface area contributed by atoms with Crippen molar-refractivity contribution in [2.24, 2.45) is 5.92 Å². The zero-order valence-electron chi connectivity index (χ0n) is 17.9.